The molecular weight excluding hydrogens is 486 g/mol. The van der Waals surface area contributed by atoms with E-state index in [-0.39, 0.29) is 5.92 Å². The molecule has 1 saturated heterocycles. The highest BCUT2D eigenvalue weighted by Gasteiger charge is 2.50. The van der Waals surface area contributed by atoms with Gasteiger partial charge in [0.2, 0.25) is 0 Å². The molecule has 0 radical (unpaired) electrons. The number of nitrogens with one attached hydrogen (secondary N) is 3. The SMILES string of the molecule is NC=CC1=NC=C(NC2=CC(c3nc(NC4CCNCC45CC5)c4c(C5CC5)cncc4n3)CC=N2)CC=C1. The van der Waals surface area contributed by atoms with E-state index in [1.165, 1.54) is 37.4 Å². The van der Waals surface area contributed by atoms with E-state index in [1.807, 2.05) is 30.9 Å². The molecule has 7 rings (SSSR count). The molecule has 3 fully saturated rings. The average Bonchev–Trinajstić information content (AvgIpc) is 3.87. The molecule has 0 bridgehead atoms. The molecular formula is C30H35N9. The number of hydrogen-bond donors (Lipinski definition) is 4. The number of anilines is 1. The van der Waals surface area contributed by atoms with E-state index in [1.54, 1.807) is 6.08 Å². The van der Waals surface area contributed by atoms with E-state index in [0.29, 0.717) is 17.4 Å². The fourth-order valence-electron chi connectivity index (χ4n) is 6.01. The molecule has 200 valence electrons. The second-order valence-electron chi connectivity index (χ2n) is 11.4. The van der Waals surface area contributed by atoms with Crippen molar-refractivity contribution in [3.8, 4) is 0 Å². The van der Waals surface area contributed by atoms with Crippen molar-refractivity contribution in [2.24, 2.45) is 21.1 Å². The van der Waals surface area contributed by atoms with E-state index >= 15 is 0 Å². The molecule has 2 saturated carbocycles. The first kappa shape index (κ1) is 24.2. The fraction of sp³-hybridized carbons (Fsp3) is 0.433. The summed E-state index contributed by atoms with van der Waals surface area (Å²) in [4.78, 5) is 24.0. The van der Waals surface area contributed by atoms with Crippen LogP contribution in [-0.2, 0) is 0 Å². The Morgan fingerprint density at radius 2 is 2.05 bits per heavy atom. The number of rotatable bonds is 7. The fourth-order valence-corrected chi connectivity index (χ4v) is 6.01. The number of aromatic nitrogens is 3. The molecule has 1 spiro atoms. The largest absolute Gasteiger partial charge is 0.405 e. The minimum atomic E-state index is 0.0172. The second-order valence-corrected chi connectivity index (χ2v) is 11.4. The Bertz CT molecular complexity index is 1460. The van der Waals surface area contributed by atoms with Gasteiger partial charge in [-0.2, -0.15) is 0 Å². The molecule has 9 nitrogen and oxygen atoms in total. The molecule has 3 aliphatic heterocycles. The van der Waals surface area contributed by atoms with Gasteiger partial charge in [0, 0.05) is 60.0 Å². The van der Waals surface area contributed by atoms with Crippen LogP contribution in [0, 0.1) is 5.41 Å². The van der Waals surface area contributed by atoms with Crippen molar-refractivity contribution in [3.63, 3.8) is 0 Å². The van der Waals surface area contributed by atoms with Crippen LogP contribution in [0.25, 0.3) is 10.9 Å². The van der Waals surface area contributed by atoms with E-state index in [4.69, 9.17) is 15.7 Å². The van der Waals surface area contributed by atoms with Crippen LogP contribution in [-0.4, -0.2) is 46.0 Å². The van der Waals surface area contributed by atoms with Gasteiger partial charge in [-0.1, -0.05) is 6.08 Å². The van der Waals surface area contributed by atoms with Crippen molar-refractivity contribution < 1.29 is 0 Å². The highest BCUT2D eigenvalue weighted by atomic mass is 15.1. The van der Waals surface area contributed by atoms with Crippen molar-refractivity contribution >= 4 is 28.6 Å². The summed E-state index contributed by atoms with van der Waals surface area (Å²) < 4.78 is 0. The second kappa shape index (κ2) is 10.0. The zero-order valence-electron chi connectivity index (χ0n) is 22.1. The van der Waals surface area contributed by atoms with Gasteiger partial charge in [0.05, 0.1) is 17.4 Å². The smallest absolute Gasteiger partial charge is 0.138 e. The quantitative estimate of drug-likeness (QED) is 0.431. The van der Waals surface area contributed by atoms with Crippen LogP contribution in [0.15, 0.2) is 70.6 Å². The lowest BCUT2D eigenvalue weighted by Crippen LogP contribution is -2.45. The third-order valence-electron chi connectivity index (χ3n) is 8.53. The topological polar surface area (TPSA) is 126 Å². The first-order valence-corrected chi connectivity index (χ1v) is 14.2. The van der Waals surface area contributed by atoms with Gasteiger partial charge in [0.15, 0.2) is 0 Å². The number of hydrogen-bond acceptors (Lipinski definition) is 9. The van der Waals surface area contributed by atoms with E-state index in [9.17, 15) is 0 Å². The number of allylic oxidation sites excluding steroid dienone is 4. The van der Waals surface area contributed by atoms with Crippen molar-refractivity contribution in [1.82, 2.24) is 25.6 Å². The van der Waals surface area contributed by atoms with Gasteiger partial charge in [-0.15, -0.1) is 0 Å². The number of pyridine rings is 1. The maximum absolute atomic E-state index is 5.52. The van der Waals surface area contributed by atoms with Crippen LogP contribution in [0.1, 0.15) is 68.2 Å². The van der Waals surface area contributed by atoms with Gasteiger partial charge in [-0.05, 0) is 81.0 Å². The maximum atomic E-state index is 5.52. The first-order chi connectivity index (χ1) is 19.2. The van der Waals surface area contributed by atoms with Crippen LogP contribution in [0.3, 0.4) is 0 Å². The van der Waals surface area contributed by atoms with Crippen LogP contribution >= 0.6 is 0 Å². The van der Waals surface area contributed by atoms with Crippen molar-refractivity contribution in [2.45, 2.75) is 62.8 Å². The molecule has 2 aliphatic carbocycles. The Morgan fingerprint density at radius 1 is 1.13 bits per heavy atom. The Morgan fingerprint density at radius 3 is 2.90 bits per heavy atom. The summed E-state index contributed by atoms with van der Waals surface area (Å²) in [6, 6.07) is 0.431. The first-order valence-electron chi connectivity index (χ1n) is 14.2. The minimum absolute atomic E-state index is 0.0172. The van der Waals surface area contributed by atoms with Gasteiger partial charge >= 0.3 is 0 Å². The maximum Gasteiger partial charge on any atom is 0.138 e. The van der Waals surface area contributed by atoms with Gasteiger partial charge in [0.1, 0.15) is 17.5 Å². The minimum Gasteiger partial charge on any atom is -0.405 e. The molecule has 2 aromatic rings. The third-order valence-corrected chi connectivity index (χ3v) is 8.53. The standard InChI is InChI=1S/C30H35N9/c31-11-6-21-2-1-3-22(15-35-21)36-26-14-20(7-13-34-26)28-37-24-17-33-16-23(19-4-5-19)27(24)29(39-28)38-25-8-12-32-18-30(25)9-10-30/h1-2,6,11,13-17,19-20,25,32,36H,3-5,7-10,12,18,31H2,(H,37,38,39). The van der Waals surface area contributed by atoms with E-state index < -0.39 is 0 Å². The van der Waals surface area contributed by atoms with Gasteiger partial charge in [0.25, 0.3) is 0 Å². The van der Waals surface area contributed by atoms with Gasteiger partial charge in [-0.3, -0.25) is 9.98 Å². The van der Waals surface area contributed by atoms with Crippen LogP contribution in [0.4, 0.5) is 5.82 Å². The van der Waals surface area contributed by atoms with E-state index in [2.05, 4.69) is 43.1 Å². The van der Waals surface area contributed by atoms with Crippen molar-refractivity contribution in [1.29, 1.82) is 0 Å². The lowest BCUT2D eigenvalue weighted by atomic mass is 9.90. The van der Waals surface area contributed by atoms with Gasteiger partial charge in [-0.25, -0.2) is 15.0 Å². The van der Waals surface area contributed by atoms with Gasteiger partial charge < -0.3 is 21.7 Å². The highest BCUT2D eigenvalue weighted by Crippen LogP contribution is 2.52. The van der Waals surface area contributed by atoms with Crippen molar-refractivity contribution in [2.75, 3.05) is 18.4 Å². The zero-order chi connectivity index (χ0) is 26.2. The molecule has 2 unspecified atom stereocenters. The number of fused-ring (bicyclic) bond motifs is 1. The molecule has 0 aromatic carbocycles. The number of aliphatic imine (C=N–C) groups is 2. The number of piperidine rings is 1. The Kier molecular flexibility index (Phi) is 6.23. The molecule has 9 heteroatoms. The molecule has 0 amide bonds. The summed E-state index contributed by atoms with van der Waals surface area (Å²) in [6.45, 7) is 2.13. The molecule has 5 aliphatic rings. The molecule has 5 N–H and O–H groups in total. The summed E-state index contributed by atoms with van der Waals surface area (Å²) in [5.41, 5.74) is 9.90. The molecule has 5 heterocycles. The van der Waals surface area contributed by atoms with Crippen molar-refractivity contribution in [3.05, 3.63) is 72.0 Å². The summed E-state index contributed by atoms with van der Waals surface area (Å²) >= 11 is 0. The van der Waals surface area contributed by atoms with Crippen LogP contribution in [0.5, 0.6) is 0 Å². The van der Waals surface area contributed by atoms with E-state index in [0.717, 1.165) is 72.1 Å². The lowest BCUT2D eigenvalue weighted by Gasteiger charge is -2.34. The molecule has 39 heavy (non-hydrogen) atoms. The number of nitrogens with zero attached hydrogens (tertiary/aromatic N) is 5. The third kappa shape index (κ3) is 4.98. The van der Waals surface area contributed by atoms with Crippen LogP contribution in [0.2, 0.25) is 0 Å². The molecule has 2 aromatic heterocycles. The zero-order valence-corrected chi connectivity index (χ0v) is 22.1. The summed E-state index contributed by atoms with van der Waals surface area (Å²) in [5.74, 6) is 3.17. The predicted molar refractivity (Wildman–Crippen MR) is 156 cm³/mol. The summed E-state index contributed by atoms with van der Waals surface area (Å²) in [5, 5.41) is 12.2. The summed E-state index contributed by atoms with van der Waals surface area (Å²) in [7, 11) is 0. The predicted octanol–water partition coefficient (Wildman–Crippen LogP) is 4.16. The summed E-state index contributed by atoms with van der Waals surface area (Å²) in [6.07, 6.45) is 24.8. The average molecular weight is 522 g/mol. The Labute approximate surface area is 228 Å². The van der Waals surface area contributed by atoms with Crippen LogP contribution < -0.4 is 21.7 Å². The monoisotopic (exact) mass is 521 g/mol. The molecule has 2 atom stereocenters. The lowest BCUT2D eigenvalue weighted by molar-refractivity contribution is 0.322. The Balaban J connectivity index is 1.21. The normalized spacial score (nSPS) is 25.8. The number of nitrogens with two attached hydrogens (primary N) is 1. The highest BCUT2D eigenvalue weighted by molar-refractivity contribution is 6.04. The Hall–Kier alpha value is -3.85.